The van der Waals surface area contributed by atoms with Crippen molar-refractivity contribution in [2.24, 2.45) is 0 Å². The van der Waals surface area contributed by atoms with Crippen molar-refractivity contribution >= 4 is 34.4 Å². The molecule has 2 rings (SSSR count). The number of aliphatic hydroxyl groups excluding tert-OH is 3. The zero-order valence-electron chi connectivity index (χ0n) is 20.3. The summed E-state index contributed by atoms with van der Waals surface area (Å²) in [4.78, 5) is 25.9. The zero-order valence-corrected chi connectivity index (χ0v) is 22.4. The molecule has 1 aliphatic rings. The van der Waals surface area contributed by atoms with Crippen LogP contribution in [0.5, 0.6) is 11.5 Å². The van der Waals surface area contributed by atoms with Gasteiger partial charge >= 0.3 is 6.18 Å². The van der Waals surface area contributed by atoms with Gasteiger partial charge in [0.25, 0.3) is 0 Å². The quantitative estimate of drug-likeness (QED) is 0.248. The lowest BCUT2D eigenvalue weighted by Gasteiger charge is -2.40. The summed E-state index contributed by atoms with van der Waals surface area (Å²) in [5.74, 6) is -1.40. The molecular weight excluding hydrogens is 616 g/mol. The second kappa shape index (κ2) is 14.1. The van der Waals surface area contributed by atoms with Gasteiger partial charge in [0.05, 0.1) is 29.9 Å². The molecule has 0 saturated carbocycles. The van der Waals surface area contributed by atoms with E-state index in [-0.39, 0.29) is 43.4 Å². The first kappa shape index (κ1) is 31.1. The summed E-state index contributed by atoms with van der Waals surface area (Å²) in [6.07, 6.45) is -6.95. The summed E-state index contributed by atoms with van der Waals surface area (Å²) in [5.41, 5.74) is 0.472. The minimum atomic E-state index is -4.79. The molecule has 0 radical (unpaired) electrons. The van der Waals surface area contributed by atoms with E-state index in [1.54, 1.807) is 13.0 Å². The number of methoxy groups -OCH3 is 1. The molecule has 0 spiro atoms. The van der Waals surface area contributed by atoms with Crippen LogP contribution in [0.15, 0.2) is 23.8 Å². The monoisotopic (exact) mass is 646 g/mol. The van der Waals surface area contributed by atoms with Gasteiger partial charge in [-0.1, -0.05) is 0 Å². The first-order chi connectivity index (χ1) is 17.4. The van der Waals surface area contributed by atoms with Crippen LogP contribution in [0.2, 0.25) is 0 Å². The fourth-order valence-electron chi connectivity index (χ4n) is 3.75. The van der Waals surface area contributed by atoms with Crippen LogP contribution in [-0.2, 0) is 20.9 Å². The molecule has 0 fully saturated rings. The second-order valence-electron chi connectivity index (χ2n) is 8.06. The normalized spacial score (nSPS) is 19.7. The van der Waals surface area contributed by atoms with E-state index in [0.717, 1.165) is 0 Å². The number of halogens is 4. The van der Waals surface area contributed by atoms with E-state index in [4.69, 9.17) is 19.3 Å². The van der Waals surface area contributed by atoms with E-state index < -0.39 is 55.8 Å². The Labute approximate surface area is 225 Å². The van der Waals surface area contributed by atoms with Gasteiger partial charge in [-0.2, -0.15) is 13.2 Å². The Hall–Kier alpha value is -2.14. The van der Waals surface area contributed by atoms with Gasteiger partial charge in [0.1, 0.15) is 25.4 Å². The highest BCUT2D eigenvalue weighted by Gasteiger charge is 2.44. The number of hydrogen-bond donors (Lipinski definition) is 4. The van der Waals surface area contributed by atoms with Gasteiger partial charge in [0.15, 0.2) is 11.5 Å². The fraction of sp³-hybridized carbons (Fsp3) is 0.565. The fourth-order valence-corrected chi connectivity index (χ4v) is 4.54. The highest BCUT2D eigenvalue weighted by Crippen LogP contribution is 2.37. The minimum absolute atomic E-state index is 0.0360. The lowest BCUT2D eigenvalue weighted by molar-refractivity contribution is -0.175. The third-order valence-corrected chi connectivity index (χ3v) is 6.24. The first-order valence-corrected chi connectivity index (χ1v) is 12.4. The van der Waals surface area contributed by atoms with E-state index in [0.29, 0.717) is 14.0 Å². The molecule has 4 N–H and O–H groups in total. The molecule has 0 aliphatic heterocycles. The Morgan fingerprint density at radius 3 is 2.54 bits per heavy atom. The number of rotatable bonds is 12. The van der Waals surface area contributed by atoms with Crippen molar-refractivity contribution < 1.29 is 52.3 Å². The summed E-state index contributed by atoms with van der Waals surface area (Å²) in [6, 6.07) is 1.59. The predicted molar refractivity (Wildman–Crippen MR) is 133 cm³/mol. The standard InChI is InChI=1S/C23H30F3IN2O8/c1-3-36-11-19(32)29(12-23(24,25)26)16-8-14(22(34)28-4-5-30)9-17(20(16)33)37-21-15(27)6-13(10-31)7-18(21)35-2/h6-7,9,16-17,20,30-31,33H,3-5,8,10-12H2,1-2H3,(H,28,34). The van der Waals surface area contributed by atoms with Crippen molar-refractivity contribution in [1.82, 2.24) is 10.2 Å². The smallest absolute Gasteiger partial charge is 0.406 e. The number of amides is 2. The van der Waals surface area contributed by atoms with Crippen molar-refractivity contribution in [3.8, 4) is 11.5 Å². The van der Waals surface area contributed by atoms with E-state index in [2.05, 4.69) is 5.32 Å². The van der Waals surface area contributed by atoms with Crippen LogP contribution in [0.4, 0.5) is 13.2 Å². The third-order valence-electron chi connectivity index (χ3n) is 5.44. The molecule has 1 aromatic rings. The molecule has 3 atom stereocenters. The van der Waals surface area contributed by atoms with Crippen LogP contribution in [-0.4, -0.2) is 96.5 Å². The number of carbonyl (C=O) groups excluding carboxylic acids is 2. The van der Waals surface area contributed by atoms with Crippen LogP contribution in [0.1, 0.15) is 18.9 Å². The molecule has 0 saturated heterocycles. The van der Waals surface area contributed by atoms with Crippen LogP contribution in [0.25, 0.3) is 0 Å². The molecule has 1 aromatic carbocycles. The van der Waals surface area contributed by atoms with Crippen molar-refractivity contribution in [1.29, 1.82) is 0 Å². The Kier molecular flexibility index (Phi) is 11.9. The first-order valence-electron chi connectivity index (χ1n) is 11.3. The van der Waals surface area contributed by atoms with Crippen molar-refractivity contribution in [3.05, 3.63) is 32.9 Å². The van der Waals surface area contributed by atoms with Gasteiger partial charge < -0.3 is 39.7 Å². The maximum atomic E-state index is 13.5. The summed E-state index contributed by atoms with van der Waals surface area (Å²) in [6.45, 7) is -1.44. The van der Waals surface area contributed by atoms with Gasteiger partial charge in [-0.3, -0.25) is 9.59 Å². The van der Waals surface area contributed by atoms with Crippen molar-refractivity contribution in [3.63, 3.8) is 0 Å². The number of carbonyl (C=O) groups is 2. The average molecular weight is 646 g/mol. The number of alkyl halides is 3. The lowest BCUT2D eigenvalue weighted by Crippen LogP contribution is -2.57. The summed E-state index contributed by atoms with van der Waals surface area (Å²) >= 11 is 1.91. The van der Waals surface area contributed by atoms with Gasteiger partial charge in [-0.15, -0.1) is 0 Å². The molecule has 2 amide bonds. The Morgan fingerprint density at radius 1 is 1.27 bits per heavy atom. The summed E-state index contributed by atoms with van der Waals surface area (Å²) < 4.78 is 57.1. The Balaban J connectivity index is 2.52. The lowest BCUT2D eigenvalue weighted by atomic mass is 9.88. The summed E-state index contributed by atoms with van der Waals surface area (Å²) in [5, 5.41) is 32.0. The van der Waals surface area contributed by atoms with Crippen molar-refractivity contribution in [2.45, 2.75) is 44.4 Å². The highest BCUT2D eigenvalue weighted by atomic mass is 127. The largest absolute Gasteiger partial charge is 0.493 e. The number of ether oxygens (including phenoxy) is 3. The van der Waals surface area contributed by atoms with Gasteiger partial charge in [-0.25, -0.2) is 0 Å². The number of aliphatic hydroxyl groups is 3. The van der Waals surface area contributed by atoms with Gasteiger partial charge in [-0.05, 0) is 53.3 Å². The SMILES string of the molecule is CCOCC(=O)N(CC(F)(F)F)C1CC(C(=O)NCCO)=CC(Oc2c(I)cc(CO)cc2OC)C1O. The number of nitrogens with zero attached hydrogens (tertiary/aromatic N) is 1. The molecule has 1 aliphatic carbocycles. The predicted octanol–water partition coefficient (Wildman–Crippen LogP) is 1.13. The molecule has 208 valence electrons. The molecule has 0 bridgehead atoms. The topological polar surface area (TPSA) is 138 Å². The molecular formula is C23H30F3IN2O8. The highest BCUT2D eigenvalue weighted by molar-refractivity contribution is 14.1. The number of nitrogens with one attached hydrogen (secondary N) is 1. The van der Waals surface area contributed by atoms with Gasteiger partial charge in [0, 0.05) is 25.1 Å². The molecule has 0 aromatic heterocycles. The van der Waals surface area contributed by atoms with Crippen LogP contribution in [0.3, 0.4) is 0 Å². The van der Waals surface area contributed by atoms with E-state index in [1.807, 2.05) is 22.6 Å². The van der Waals surface area contributed by atoms with E-state index >= 15 is 0 Å². The zero-order chi connectivity index (χ0) is 27.8. The number of benzene rings is 1. The van der Waals surface area contributed by atoms with Crippen LogP contribution in [0, 0.1) is 3.57 Å². The maximum Gasteiger partial charge on any atom is 0.406 e. The minimum Gasteiger partial charge on any atom is -0.493 e. The van der Waals surface area contributed by atoms with Crippen LogP contribution >= 0.6 is 22.6 Å². The second-order valence-corrected chi connectivity index (χ2v) is 9.22. The molecule has 37 heavy (non-hydrogen) atoms. The van der Waals surface area contributed by atoms with Crippen LogP contribution < -0.4 is 14.8 Å². The maximum absolute atomic E-state index is 13.5. The molecule has 3 unspecified atom stereocenters. The van der Waals surface area contributed by atoms with Crippen molar-refractivity contribution in [2.75, 3.05) is 40.0 Å². The van der Waals surface area contributed by atoms with E-state index in [1.165, 1.54) is 19.3 Å². The third kappa shape index (κ3) is 8.70. The van der Waals surface area contributed by atoms with Gasteiger partial charge in [0.2, 0.25) is 11.8 Å². The number of hydrogen-bond acceptors (Lipinski definition) is 8. The molecule has 0 heterocycles. The summed E-state index contributed by atoms with van der Waals surface area (Å²) in [7, 11) is 1.35. The average Bonchev–Trinajstić information content (AvgIpc) is 2.85. The Morgan fingerprint density at radius 2 is 1.97 bits per heavy atom. The molecule has 10 nitrogen and oxygen atoms in total. The van der Waals surface area contributed by atoms with E-state index in [9.17, 15) is 33.0 Å². The Bertz CT molecular complexity index is 976. The molecule has 14 heteroatoms.